The first-order valence-corrected chi connectivity index (χ1v) is 10.2. The van der Waals surface area contributed by atoms with Gasteiger partial charge < -0.3 is 10.2 Å². The second-order valence-corrected chi connectivity index (χ2v) is 7.44. The number of anilines is 1. The zero-order valence-corrected chi connectivity index (χ0v) is 16.9. The van der Waals surface area contributed by atoms with Crippen molar-refractivity contribution in [1.29, 1.82) is 0 Å². The first-order chi connectivity index (χ1) is 14.1. The highest BCUT2D eigenvalue weighted by atomic mass is 16.1. The van der Waals surface area contributed by atoms with Crippen LogP contribution in [-0.4, -0.2) is 34.6 Å². The maximum Gasteiger partial charge on any atom is 0.263 e. The van der Waals surface area contributed by atoms with Gasteiger partial charge in [0.1, 0.15) is 0 Å². The molecule has 1 fully saturated rings. The van der Waals surface area contributed by atoms with E-state index in [4.69, 9.17) is 4.98 Å². The fourth-order valence-corrected chi connectivity index (χ4v) is 3.50. The van der Waals surface area contributed by atoms with Crippen molar-refractivity contribution in [3.05, 3.63) is 70.0 Å². The Labute approximate surface area is 170 Å². The van der Waals surface area contributed by atoms with E-state index in [2.05, 4.69) is 10.2 Å². The lowest BCUT2D eigenvalue weighted by Gasteiger charge is -2.24. The SMILES string of the molecule is CCN(CC)c1nc2cc(C(=O)NC3CC3)ccc2c(=O)n1Cc1ccccc1. The van der Waals surface area contributed by atoms with Gasteiger partial charge in [0.05, 0.1) is 17.4 Å². The number of carbonyl (C=O) groups is 1. The van der Waals surface area contributed by atoms with Crippen LogP contribution in [0.5, 0.6) is 0 Å². The molecule has 0 spiro atoms. The first kappa shape index (κ1) is 19.2. The molecule has 0 saturated heterocycles. The van der Waals surface area contributed by atoms with Gasteiger partial charge >= 0.3 is 0 Å². The minimum atomic E-state index is -0.103. The number of hydrogen-bond donors (Lipinski definition) is 1. The van der Waals surface area contributed by atoms with Gasteiger partial charge in [0.25, 0.3) is 11.5 Å². The summed E-state index contributed by atoms with van der Waals surface area (Å²) in [6.45, 7) is 6.03. The van der Waals surface area contributed by atoms with E-state index in [1.807, 2.05) is 44.2 Å². The van der Waals surface area contributed by atoms with E-state index < -0.39 is 0 Å². The van der Waals surface area contributed by atoms with Crippen LogP contribution in [-0.2, 0) is 6.54 Å². The highest BCUT2D eigenvalue weighted by molar-refractivity contribution is 5.98. The van der Waals surface area contributed by atoms with Crippen molar-refractivity contribution in [2.75, 3.05) is 18.0 Å². The van der Waals surface area contributed by atoms with Gasteiger partial charge in [0, 0.05) is 24.7 Å². The first-order valence-electron chi connectivity index (χ1n) is 10.2. The van der Waals surface area contributed by atoms with Crippen LogP contribution < -0.4 is 15.8 Å². The number of hydrogen-bond acceptors (Lipinski definition) is 4. The molecule has 3 aromatic rings. The van der Waals surface area contributed by atoms with E-state index in [-0.39, 0.29) is 17.5 Å². The fourth-order valence-electron chi connectivity index (χ4n) is 3.50. The molecule has 6 nitrogen and oxygen atoms in total. The number of benzene rings is 2. The van der Waals surface area contributed by atoms with Crippen molar-refractivity contribution >= 4 is 22.8 Å². The van der Waals surface area contributed by atoms with Crippen LogP contribution in [0.4, 0.5) is 5.95 Å². The smallest absolute Gasteiger partial charge is 0.263 e. The number of rotatable bonds is 7. The fraction of sp³-hybridized carbons (Fsp3) is 0.348. The normalized spacial score (nSPS) is 13.4. The van der Waals surface area contributed by atoms with Crippen LogP contribution in [0.1, 0.15) is 42.6 Å². The molecule has 1 saturated carbocycles. The molecule has 0 aliphatic heterocycles. The third-order valence-electron chi connectivity index (χ3n) is 5.34. The topological polar surface area (TPSA) is 67.2 Å². The molecule has 0 bridgehead atoms. The second-order valence-electron chi connectivity index (χ2n) is 7.44. The zero-order chi connectivity index (χ0) is 20.4. The van der Waals surface area contributed by atoms with Gasteiger partial charge in [-0.2, -0.15) is 0 Å². The van der Waals surface area contributed by atoms with Crippen molar-refractivity contribution in [3.8, 4) is 0 Å². The maximum atomic E-state index is 13.4. The molecule has 1 aliphatic rings. The molecular weight excluding hydrogens is 364 g/mol. The summed E-state index contributed by atoms with van der Waals surface area (Å²) in [4.78, 5) is 32.7. The predicted molar refractivity (Wildman–Crippen MR) is 116 cm³/mol. The van der Waals surface area contributed by atoms with Gasteiger partial charge in [-0.15, -0.1) is 0 Å². The van der Waals surface area contributed by atoms with Gasteiger partial charge in [0.15, 0.2) is 0 Å². The molecule has 29 heavy (non-hydrogen) atoms. The van der Waals surface area contributed by atoms with E-state index in [9.17, 15) is 9.59 Å². The Balaban J connectivity index is 1.82. The Morgan fingerprint density at radius 3 is 2.52 bits per heavy atom. The molecule has 1 aromatic heterocycles. The number of carbonyl (C=O) groups excluding carboxylic acids is 1. The van der Waals surface area contributed by atoms with Crippen molar-refractivity contribution in [1.82, 2.24) is 14.9 Å². The number of nitrogens with zero attached hydrogens (tertiary/aromatic N) is 3. The lowest BCUT2D eigenvalue weighted by atomic mass is 10.1. The Bertz CT molecular complexity index is 1080. The summed E-state index contributed by atoms with van der Waals surface area (Å²) in [5.74, 6) is 0.533. The summed E-state index contributed by atoms with van der Waals surface area (Å²) < 4.78 is 1.73. The molecule has 0 radical (unpaired) electrons. The van der Waals surface area contributed by atoms with Crippen LogP contribution >= 0.6 is 0 Å². The lowest BCUT2D eigenvalue weighted by Crippen LogP contribution is -2.33. The molecule has 2 aromatic carbocycles. The minimum absolute atomic E-state index is 0.0881. The van der Waals surface area contributed by atoms with E-state index in [1.54, 1.807) is 22.8 Å². The van der Waals surface area contributed by atoms with Gasteiger partial charge in [-0.25, -0.2) is 4.98 Å². The van der Waals surface area contributed by atoms with E-state index in [1.165, 1.54) is 0 Å². The van der Waals surface area contributed by atoms with Crippen molar-refractivity contribution in [2.45, 2.75) is 39.3 Å². The second kappa shape index (κ2) is 8.07. The van der Waals surface area contributed by atoms with E-state index >= 15 is 0 Å². The Morgan fingerprint density at radius 1 is 1.14 bits per heavy atom. The average molecular weight is 390 g/mol. The Morgan fingerprint density at radius 2 is 1.86 bits per heavy atom. The number of nitrogens with one attached hydrogen (secondary N) is 1. The quantitative estimate of drug-likeness (QED) is 0.673. The van der Waals surface area contributed by atoms with Crippen molar-refractivity contribution < 1.29 is 4.79 Å². The largest absolute Gasteiger partial charge is 0.349 e. The highest BCUT2D eigenvalue weighted by Crippen LogP contribution is 2.21. The molecule has 0 atom stereocenters. The molecule has 6 heteroatoms. The van der Waals surface area contributed by atoms with Gasteiger partial charge in [-0.3, -0.25) is 14.2 Å². The summed E-state index contributed by atoms with van der Waals surface area (Å²) in [5.41, 5.74) is 2.06. The molecular formula is C23H26N4O2. The molecule has 4 rings (SSSR count). The summed E-state index contributed by atoms with van der Waals surface area (Å²) in [7, 11) is 0. The van der Waals surface area contributed by atoms with Crippen LogP contribution in [0.25, 0.3) is 10.9 Å². The number of aromatic nitrogens is 2. The van der Waals surface area contributed by atoms with Gasteiger partial charge in [-0.05, 0) is 50.5 Å². The molecule has 1 amide bonds. The number of fused-ring (bicyclic) bond motifs is 1. The van der Waals surface area contributed by atoms with Crippen LogP contribution in [0.2, 0.25) is 0 Å². The molecule has 0 unspecified atom stereocenters. The predicted octanol–water partition coefficient (Wildman–Crippen LogP) is 3.18. The number of amides is 1. The third kappa shape index (κ3) is 4.01. The third-order valence-corrected chi connectivity index (χ3v) is 5.34. The van der Waals surface area contributed by atoms with Gasteiger partial charge in [0.2, 0.25) is 5.95 Å². The zero-order valence-electron chi connectivity index (χ0n) is 16.9. The molecule has 1 heterocycles. The van der Waals surface area contributed by atoms with E-state index in [0.29, 0.717) is 29.0 Å². The average Bonchev–Trinajstić information content (AvgIpc) is 3.56. The summed E-state index contributed by atoms with van der Waals surface area (Å²) >= 11 is 0. The van der Waals surface area contributed by atoms with Crippen molar-refractivity contribution in [2.24, 2.45) is 0 Å². The monoisotopic (exact) mass is 390 g/mol. The minimum Gasteiger partial charge on any atom is -0.349 e. The molecule has 1 N–H and O–H groups in total. The van der Waals surface area contributed by atoms with Crippen molar-refractivity contribution in [3.63, 3.8) is 0 Å². The standard InChI is InChI=1S/C23H26N4O2/c1-3-26(4-2)23-25-20-14-17(21(28)24-18-11-12-18)10-13-19(20)22(29)27(23)15-16-8-6-5-7-9-16/h5-10,13-14,18H,3-4,11-12,15H2,1-2H3,(H,24,28). The Hall–Kier alpha value is -3.15. The summed E-state index contributed by atoms with van der Waals surface area (Å²) in [5, 5.41) is 3.52. The van der Waals surface area contributed by atoms with E-state index in [0.717, 1.165) is 31.5 Å². The maximum absolute atomic E-state index is 13.4. The summed E-state index contributed by atoms with van der Waals surface area (Å²) in [6, 6.07) is 15.4. The van der Waals surface area contributed by atoms with Crippen LogP contribution in [0, 0.1) is 0 Å². The van der Waals surface area contributed by atoms with Crippen LogP contribution in [0.15, 0.2) is 53.3 Å². The highest BCUT2D eigenvalue weighted by Gasteiger charge is 2.24. The lowest BCUT2D eigenvalue weighted by molar-refractivity contribution is 0.0951. The van der Waals surface area contributed by atoms with Crippen LogP contribution in [0.3, 0.4) is 0 Å². The molecule has 1 aliphatic carbocycles. The summed E-state index contributed by atoms with van der Waals surface area (Å²) in [6.07, 6.45) is 2.07. The van der Waals surface area contributed by atoms with Gasteiger partial charge in [-0.1, -0.05) is 30.3 Å². The molecule has 150 valence electrons. The Kier molecular flexibility index (Phi) is 5.34.